The molecule has 0 aliphatic heterocycles. The van der Waals surface area contributed by atoms with Crippen LogP contribution in [0.15, 0.2) is 36.4 Å². The van der Waals surface area contributed by atoms with Gasteiger partial charge < -0.3 is 10.5 Å². The molecular formula is C16H16Cl3NO. The second-order valence-electron chi connectivity index (χ2n) is 4.86. The summed E-state index contributed by atoms with van der Waals surface area (Å²) in [6, 6.07) is 11.4. The smallest absolute Gasteiger partial charge is 0.139 e. The van der Waals surface area contributed by atoms with Gasteiger partial charge in [-0.3, -0.25) is 0 Å². The topological polar surface area (TPSA) is 35.2 Å². The molecule has 0 amide bonds. The van der Waals surface area contributed by atoms with Gasteiger partial charge in [-0.05, 0) is 29.7 Å². The Hall–Kier alpha value is -0.930. The molecule has 2 N–H and O–H groups in total. The lowest BCUT2D eigenvalue weighted by Crippen LogP contribution is -2.08. The Morgan fingerprint density at radius 1 is 1.00 bits per heavy atom. The minimum atomic E-state index is 0.351. The molecule has 0 saturated carbocycles. The van der Waals surface area contributed by atoms with Gasteiger partial charge >= 0.3 is 0 Å². The molecule has 1 atom stereocenters. The predicted octanol–water partition coefficient (Wildman–Crippen LogP) is 5.29. The molecular weight excluding hydrogens is 329 g/mol. The lowest BCUT2D eigenvalue weighted by Gasteiger charge is -2.11. The van der Waals surface area contributed by atoms with Crippen molar-refractivity contribution in [3.63, 3.8) is 0 Å². The van der Waals surface area contributed by atoms with Crippen molar-refractivity contribution < 1.29 is 4.74 Å². The molecule has 0 aliphatic carbocycles. The van der Waals surface area contributed by atoms with E-state index in [0.717, 1.165) is 5.56 Å². The Morgan fingerprint density at radius 2 is 1.62 bits per heavy atom. The number of benzene rings is 2. The first-order valence-electron chi connectivity index (χ1n) is 6.57. The molecule has 21 heavy (non-hydrogen) atoms. The molecule has 2 aromatic rings. The molecule has 0 fully saturated rings. The molecule has 0 heterocycles. The fourth-order valence-corrected chi connectivity index (χ4v) is 2.45. The van der Waals surface area contributed by atoms with E-state index in [-0.39, 0.29) is 0 Å². The number of hydrogen-bond acceptors (Lipinski definition) is 2. The fourth-order valence-electron chi connectivity index (χ4n) is 1.85. The number of halogens is 3. The highest BCUT2D eigenvalue weighted by Crippen LogP contribution is 2.34. The Balaban J connectivity index is 2.05. The van der Waals surface area contributed by atoms with Crippen molar-refractivity contribution in [2.24, 2.45) is 5.73 Å². The second kappa shape index (κ2) is 7.37. The van der Waals surface area contributed by atoms with Crippen LogP contribution in [-0.4, -0.2) is 6.54 Å². The van der Waals surface area contributed by atoms with Crippen LogP contribution < -0.4 is 10.5 Å². The van der Waals surface area contributed by atoms with Crippen LogP contribution >= 0.6 is 34.8 Å². The zero-order valence-electron chi connectivity index (χ0n) is 11.6. The Labute approximate surface area is 139 Å². The van der Waals surface area contributed by atoms with Gasteiger partial charge in [0.2, 0.25) is 0 Å². The summed E-state index contributed by atoms with van der Waals surface area (Å²) in [5.74, 6) is 0.870. The normalized spacial score (nSPS) is 12.2. The van der Waals surface area contributed by atoms with Gasteiger partial charge in [-0.25, -0.2) is 0 Å². The summed E-state index contributed by atoms with van der Waals surface area (Å²) in [5, 5.41) is 1.27. The number of nitrogens with two attached hydrogens (primary N) is 1. The van der Waals surface area contributed by atoms with Crippen molar-refractivity contribution in [1.29, 1.82) is 0 Å². The summed E-state index contributed by atoms with van der Waals surface area (Å²) in [6.07, 6.45) is 0. The van der Waals surface area contributed by atoms with Gasteiger partial charge in [-0.1, -0.05) is 66.0 Å². The Kier molecular flexibility index (Phi) is 5.77. The minimum Gasteiger partial charge on any atom is -0.487 e. The van der Waals surface area contributed by atoms with Gasteiger partial charge in [-0.15, -0.1) is 0 Å². The molecule has 0 saturated heterocycles. The molecule has 2 nitrogen and oxygen atoms in total. The van der Waals surface area contributed by atoms with Gasteiger partial charge in [0, 0.05) is 6.07 Å². The van der Waals surface area contributed by atoms with E-state index in [4.69, 9.17) is 45.3 Å². The average Bonchev–Trinajstić information content (AvgIpc) is 2.49. The quantitative estimate of drug-likeness (QED) is 0.748. The summed E-state index contributed by atoms with van der Waals surface area (Å²) < 4.78 is 5.69. The molecule has 0 spiro atoms. The maximum absolute atomic E-state index is 6.07. The fraction of sp³-hybridized carbons (Fsp3) is 0.250. The Morgan fingerprint density at radius 3 is 2.24 bits per heavy atom. The molecule has 2 aromatic carbocycles. The van der Waals surface area contributed by atoms with E-state index in [0.29, 0.717) is 39.9 Å². The van der Waals surface area contributed by atoms with Crippen LogP contribution in [-0.2, 0) is 6.61 Å². The van der Waals surface area contributed by atoms with Crippen LogP contribution in [0, 0.1) is 0 Å². The zero-order valence-corrected chi connectivity index (χ0v) is 13.8. The van der Waals surface area contributed by atoms with E-state index in [1.165, 1.54) is 5.56 Å². The third-order valence-electron chi connectivity index (χ3n) is 3.27. The maximum atomic E-state index is 6.07. The summed E-state index contributed by atoms with van der Waals surface area (Å²) in [5.41, 5.74) is 7.92. The number of ether oxygens (including phenoxy) is 1. The van der Waals surface area contributed by atoms with E-state index >= 15 is 0 Å². The molecule has 5 heteroatoms. The summed E-state index contributed by atoms with van der Waals surface area (Å²) >= 11 is 17.9. The van der Waals surface area contributed by atoms with Crippen LogP contribution in [0.3, 0.4) is 0 Å². The van der Waals surface area contributed by atoms with Gasteiger partial charge in [0.25, 0.3) is 0 Å². The minimum absolute atomic E-state index is 0.351. The summed E-state index contributed by atoms with van der Waals surface area (Å²) in [4.78, 5) is 0. The summed E-state index contributed by atoms with van der Waals surface area (Å²) in [6.45, 7) is 3.14. The molecule has 112 valence electrons. The maximum Gasteiger partial charge on any atom is 0.139 e. The van der Waals surface area contributed by atoms with E-state index in [1.807, 2.05) is 12.1 Å². The van der Waals surface area contributed by atoms with Crippen LogP contribution in [0.2, 0.25) is 15.1 Å². The first kappa shape index (κ1) is 16.4. The van der Waals surface area contributed by atoms with Crippen LogP contribution in [0.5, 0.6) is 5.75 Å². The lowest BCUT2D eigenvalue weighted by atomic mass is 10.0. The van der Waals surface area contributed by atoms with Crippen molar-refractivity contribution in [2.45, 2.75) is 19.4 Å². The van der Waals surface area contributed by atoms with Crippen molar-refractivity contribution in [3.05, 3.63) is 62.6 Å². The standard InChI is InChI=1S/C16H16Cl3NO/c1-10(8-20)12-4-2-11(3-5-12)9-21-16-7-14(18)13(17)6-15(16)19/h2-7,10H,8-9,20H2,1H3. The molecule has 0 aromatic heterocycles. The van der Waals surface area contributed by atoms with Crippen LogP contribution in [0.1, 0.15) is 24.0 Å². The van der Waals surface area contributed by atoms with E-state index in [1.54, 1.807) is 12.1 Å². The molecule has 0 radical (unpaired) electrons. The average molecular weight is 345 g/mol. The monoisotopic (exact) mass is 343 g/mol. The van der Waals surface area contributed by atoms with E-state index < -0.39 is 0 Å². The largest absolute Gasteiger partial charge is 0.487 e. The number of hydrogen-bond donors (Lipinski definition) is 1. The molecule has 0 bridgehead atoms. The highest BCUT2D eigenvalue weighted by Gasteiger charge is 2.08. The third-order valence-corrected chi connectivity index (χ3v) is 4.29. The number of rotatable bonds is 5. The molecule has 2 rings (SSSR count). The Bertz CT molecular complexity index is 614. The first-order valence-corrected chi connectivity index (χ1v) is 7.71. The first-order chi connectivity index (χ1) is 10.0. The third kappa shape index (κ3) is 4.27. The highest BCUT2D eigenvalue weighted by atomic mass is 35.5. The van der Waals surface area contributed by atoms with Gasteiger partial charge in [0.05, 0.1) is 15.1 Å². The molecule has 0 aliphatic rings. The van der Waals surface area contributed by atoms with Crippen LogP contribution in [0.4, 0.5) is 0 Å². The van der Waals surface area contributed by atoms with Crippen molar-refractivity contribution in [2.75, 3.05) is 6.54 Å². The van der Waals surface area contributed by atoms with Crippen LogP contribution in [0.25, 0.3) is 0 Å². The lowest BCUT2D eigenvalue weighted by molar-refractivity contribution is 0.306. The van der Waals surface area contributed by atoms with Crippen molar-refractivity contribution >= 4 is 34.8 Å². The van der Waals surface area contributed by atoms with Crippen molar-refractivity contribution in [3.8, 4) is 5.75 Å². The SMILES string of the molecule is CC(CN)c1ccc(COc2cc(Cl)c(Cl)cc2Cl)cc1. The summed E-state index contributed by atoms with van der Waals surface area (Å²) in [7, 11) is 0. The molecule has 1 unspecified atom stereocenters. The highest BCUT2D eigenvalue weighted by molar-refractivity contribution is 6.43. The van der Waals surface area contributed by atoms with E-state index in [2.05, 4.69) is 19.1 Å². The zero-order chi connectivity index (χ0) is 15.4. The van der Waals surface area contributed by atoms with Gasteiger partial charge in [-0.2, -0.15) is 0 Å². The van der Waals surface area contributed by atoms with Gasteiger partial charge in [0.1, 0.15) is 12.4 Å². The predicted molar refractivity (Wildman–Crippen MR) is 89.7 cm³/mol. The van der Waals surface area contributed by atoms with E-state index in [9.17, 15) is 0 Å². The van der Waals surface area contributed by atoms with Gasteiger partial charge in [0.15, 0.2) is 0 Å². The van der Waals surface area contributed by atoms with Crippen molar-refractivity contribution in [1.82, 2.24) is 0 Å². The second-order valence-corrected chi connectivity index (χ2v) is 6.09.